The summed E-state index contributed by atoms with van der Waals surface area (Å²) in [6.45, 7) is 19.9. The summed E-state index contributed by atoms with van der Waals surface area (Å²) in [7, 11) is -1.15. The van der Waals surface area contributed by atoms with Crippen LogP contribution in [0.4, 0.5) is 0 Å². The van der Waals surface area contributed by atoms with E-state index in [2.05, 4.69) is 80.5 Å². The molecule has 2 nitrogen and oxygen atoms in total. The zero-order chi connectivity index (χ0) is 20.5. The van der Waals surface area contributed by atoms with Crippen LogP contribution in [0.25, 0.3) is 0 Å². The molecule has 2 aromatic rings. The zero-order valence-corrected chi connectivity index (χ0v) is 19.3. The molecule has 0 radical (unpaired) electrons. The summed E-state index contributed by atoms with van der Waals surface area (Å²) in [5, 5.41) is -0.106. The van der Waals surface area contributed by atoms with Crippen molar-refractivity contribution in [2.24, 2.45) is 0 Å². The summed E-state index contributed by atoms with van der Waals surface area (Å²) < 4.78 is 12.8. The lowest BCUT2D eigenvalue weighted by Crippen LogP contribution is -2.20. The van der Waals surface area contributed by atoms with Crippen molar-refractivity contribution in [3.05, 3.63) is 59.7 Å². The molecule has 0 heterocycles. The van der Waals surface area contributed by atoms with E-state index in [0.717, 1.165) is 11.5 Å². The molecule has 0 N–H and O–H groups in total. The van der Waals surface area contributed by atoms with E-state index in [0.29, 0.717) is 0 Å². The molecule has 2 rings (SSSR count). The molecule has 0 aliphatic rings. The van der Waals surface area contributed by atoms with E-state index in [1.54, 1.807) is 0 Å². The molecular weight excluding hydrogens is 351 g/mol. The van der Waals surface area contributed by atoms with Gasteiger partial charge >= 0.3 is 0 Å². The second-order valence-corrected chi connectivity index (χ2v) is 12.4. The minimum Gasteiger partial charge on any atom is -0.438 e. The Morgan fingerprint density at radius 2 is 1.04 bits per heavy atom. The number of hydrogen-bond acceptors (Lipinski definition) is 2. The third-order valence-corrected chi connectivity index (χ3v) is 6.15. The van der Waals surface area contributed by atoms with Gasteiger partial charge in [0.1, 0.15) is 11.5 Å². The summed E-state index contributed by atoms with van der Waals surface area (Å²) in [6.07, 6.45) is 0. The van der Waals surface area contributed by atoms with Crippen LogP contribution in [0.5, 0.6) is 11.5 Å². The topological polar surface area (TPSA) is 18.5 Å². The molecular formula is C24H35O2P. The molecule has 3 heteroatoms. The maximum atomic E-state index is 6.50. The lowest BCUT2D eigenvalue weighted by molar-refractivity contribution is 0.452. The van der Waals surface area contributed by atoms with Crippen molar-refractivity contribution < 1.29 is 9.05 Å². The van der Waals surface area contributed by atoms with Crippen LogP contribution in [-0.4, -0.2) is 5.16 Å². The predicted molar refractivity (Wildman–Crippen MR) is 118 cm³/mol. The van der Waals surface area contributed by atoms with Crippen molar-refractivity contribution in [1.82, 2.24) is 0 Å². The molecule has 27 heavy (non-hydrogen) atoms. The molecule has 0 saturated carbocycles. The first-order valence-electron chi connectivity index (χ1n) is 9.64. The Bertz CT molecular complexity index is 714. The van der Waals surface area contributed by atoms with E-state index < -0.39 is 8.38 Å². The van der Waals surface area contributed by atoms with Crippen LogP contribution in [0.2, 0.25) is 0 Å². The molecule has 0 amide bonds. The van der Waals surface area contributed by atoms with Gasteiger partial charge in [0.2, 0.25) is 0 Å². The van der Waals surface area contributed by atoms with Gasteiger partial charge in [-0.3, -0.25) is 0 Å². The fourth-order valence-corrected chi connectivity index (χ4v) is 3.68. The maximum Gasteiger partial charge on any atom is 0.296 e. The van der Waals surface area contributed by atoms with Gasteiger partial charge in [0, 0.05) is 0 Å². The highest BCUT2D eigenvalue weighted by atomic mass is 31.2. The third-order valence-electron chi connectivity index (χ3n) is 4.31. The van der Waals surface area contributed by atoms with Crippen LogP contribution in [0.15, 0.2) is 48.5 Å². The van der Waals surface area contributed by atoms with Crippen LogP contribution < -0.4 is 9.05 Å². The molecule has 0 aliphatic carbocycles. The van der Waals surface area contributed by atoms with E-state index in [4.69, 9.17) is 9.05 Å². The summed E-state index contributed by atoms with van der Waals surface area (Å²) in [6, 6.07) is 16.6. The molecule has 1 atom stereocenters. The lowest BCUT2D eigenvalue weighted by atomic mass is 9.80. The normalized spacial score (nSPS) is 14.0. The summed E-state index contributed by atoms with van der Waals surface area (Å²) in [4.78, 5) is 0. The van der Waals surface area contributed by atoms with Crippen LogP contribution in [0.1, 0.15) is 73.4 Å². The van der Waals surface area contributed by atoms with Crippen molar-refractivity contribution in [2.75, 3.05) is 0 Å². The van der Waals surface area contributed by atoms with Crippen molar-refractivity contribution in [3.63, 3.8) is 0 Å². The maximum absolute atomic E-state index is 6.50. The number of hydrogen-bond donors (Lipinski definition) is 0. The number of para-hydroxylation sites is 1. The molecule has 148 valence electrons. The first-order chi connectivity index (χ1) is 12.3. The van der Waals surface area contributed by atoms with E-state index in [1.165, 1.54) is 11.1 Å². The number of rotatable bonds is 4. The predicted octanol–water partition coefficient (Wildman–Crippen LogP) is 7.85. The van der Waals surface area contributed by atoms with Crippen LogP contribution in [-0.2, 0) is 10.8 Å². The molecule has 2 aromatic carbocycles. The van der Waals surface area contributed by atoms with E-state index in [1.807, 2.05) is 30.3 Å². The van der Waals surface area contributed by atoms with Gasteiger partial charge in [-0.2, -0.15) is 0 Å². The summed E-state index contributed by atoms with van der Waals surface area (Å²) in [5.41, 5.74) is 2.69. The van der Waals surface area contributed by atoms with Gasteiger partial charge in [-0.1, -0.05) is 65.8 Å². The van der Waals surface area contributed by atoms with Crippen molar-refractivity contribution in [2.45, 2.75) is 78.3 Å². The van der Waals surface area contributed by atoms with Crippen LogP contribution in [0.3, 0.4) is 0 Å². The molecule has 0 aliphatic heterocycles. The van der Waals surface area contributed by atoms with Gasteiger partial charge in [-0.25, -0.2) is 0 Å². The standard InChI is InChI=1S/C24H35O2P/c1-22(2,3)18-15-19(23(4,5)6)17-21(16-18)26-27(24(7,8)9)25-20-13-11-10-12-14-20/h10-17H,1-9H3. The smallest absolute Gasteiger partial charge is 0.296 e. The Morgan fingerprint density at radius 1 is 0.593 bits per heavy atom. The molecule has 1 unspecified atom stereocenters. The number of benzene rings is 2. The van der Waals surface area contributed by atoms with Gasteiger partial charge in [-0.05, 0) is 67.0 Å². The first kappa shape index (κ1) is 21.8. The van der Waals surface area contributed by atoms with Crippen molar-refractivity contribution >= 4 is 8.38 Å². The summed E-state index contributed by atoms with van der Waals surface area (Å²) in [5.74, 6) is 1.74. The molecule has 0 saturated heterocycles. The third kappa shape index (κ3) is 6.25. The summed E-state index contributed by atoms with van der Waals surface area (Å²) >= 11 is 0. The minimum atomic E-state index is -1.15. The fourth-order valence-electron chi connectivity index (χ4n) is 2.48. The van der Waals surface area contributed by atoms with Gasteiger partial charge in [0.25, 0.3) is 8.38 Å². The lowest BCUT2D eigenvalue weighted by Gasteiger charge is -2.31. The van der Waals surface area contributed by atoms with Gasteiger partial charge in [0.15, 0.2) is 0 Å². The average Bonchev–Trinajstić information content (AvgIpc) is 2.52. The van der Waals surface area contributed by atoms with Crippen LogP contribution >= 0.6 is 8.38 Å². The largest absolute Gasteiger partial charge is 0.438 e. The van der Waals surface area contributed by atoms with Crippen LogP contribution in [0, 0.1) is 0 Å². The molecule has 0 bridgehead atoms. The highest BCUT2D eigenvalue weighted by Crippen LogP contribution is 2.52. The quantitative estimate of drug-likeness (QED) is 0.498. The monoisotopic (exact) mass is 386 g/mol. The molecule has 0 fully saturated rings. The minimum absolute atomic E-state index is 0.0597. The second kappa shape index (κ2) is 7.84. The van der Waals surface area contributed by atoms with E-state index in [-0.39, 0.29) is 16.0 Å². The Morgan fingerprint density at radius 3 is 1.44 bits per heavy atom. The van der Waals surface area contributed by atoms with E-state index in [9.17, 15) is 0 Å². The Labute approximate surface area is 167 Å². The Hall–Kier alpha value is -1.53. The highest BCUT2D eigenvalue weighted by Gasteiger charge is 2.32. The molecule has 0 spiro atoms. The van der Waals surface area contributed by atoms with Gasteiger partial charge in [-0.15, -0.1) is 0 Å². The average molecular weight is 387 g/mol. The van der Waals surface area contributed by atoms with E-state index >= 15 is 0 Å². The second-order valence-electron chi connectivity index (χ2n) is 10.2. The first-order valence-corrected chi connectivity index (χ1v) is 10.8. The van der Waals surface area contributed by atoms with Crippen molar-refractivity contribution in [3.8, 4) is 11.5 Å². The Balaban J connectivity index is 2.41. The Kier molecular flexibility index (Phi) is 6.32. The zero-order valence-electron chi connectivity index (χ0n) is 18.4. The fraction of sp³-hybridized carbons (Fsp3) is 0.500. The SMILES string of the molecule is CC(C)(C)c1cc(OP(Oc2ccccc2)C(C)(C)C)cc(C(C)(C)C)c1. The van der Waals surface area contributed by atoms with Gasteiger partial charge < -0.3 is 9.05 Å². The van der Waals surface area contributed by atoms with Crippen molar-refractivity contribution in [1.29, 1.82) is 0 Å². The van der Waals surface area contributed by atoms with Gasteiger partial charge in [0.05, 0.1) is 5.16 Å². The molecule has 0 aromatic heterocycles. The highest BCUT2D eigenvalue weighted by molar-refractivity contribution is 7.49.